The highest BCUT2D eigenvalue weighted by molar-refractivity contribution is 5.90. The van der Waals surface area contributed by atoms with Gasteiger partial charge in [-0.15, -0.1) is 0 Å². The van der Waals surface area contributed by atoms with Gasteiger partial charge in [-0.3, -0.25) is 0 Å². The third-order valence-electron chi connectivity index (χ3n) is 1.75. The molecule has 0 aromatic rings. The lowest BCUT2D eigenvalue weighted by Gasteiger charge is -2.22. The minimum absolute atomic E-state index is 0.382. The summed E-state index contributed by atoms with van der Waals surface area (Å²) in [6.07, 6.45) is 1.52. The maximum atomic E-state index is 10.7. The minimum atomic E-state index is -0.468. The topological polar surface area (TPSA) is 50.7 Å². The molecule has 0 aromatic carbocycles. The number of carbonyl (C=O) groups is 1. The first-order chi connectivity index (χ1) is 5.72. The van der Waals surface area contributed by atoms with Crippen molar-refractivity contribution in [1.29, 1.82) is 0 Å². The van der Waals surface area contributed by atoms with Crippen LogP contribution in [0.5, 0.6) is 0 Å². The third kappa shape index (κ3) is 2.53. The molecule has 0 spiro atoms. The van der Waals surface area contributed by atoms with Crippen molar-refractivity contribution in [2.45, 2.75) is 26.7 Å². The largest absolute Gasteiger partial charge is 0.449 e. The molecule has 0 saturated heterocycles. The van der Waals surface area contributed by atoms with Crippen LogP contribution in [0, 0.1) is 5.92 Å². The Morgan fingerprint density at radius 2 is 2.42 bits per heavy atom. The van der Waals surface area contributed by atoms with Crippen LogP contribution in [0.2, 0.25) is 0 Å². The molecule has 1 N–H and O–H groups in total. The molecule has 0 unspecified atom stereocenters. The van der Waals surface area contributed by atoms with Crippen LogP contribution in [0.3, 0.4) is 0 Å². The van der Waals surface area contributed by atoms with Crippen LogP contribution in [-0.4, -0.2) is 18.4 Å². The molecule has 1 rings (SSSR count). The van der Waals surface area contributed by atoms with Crippen molar-refractivity contribution in [1.82, 2.24) is 5.43 Å². The van der Waals surface area contributed by atoms with Gasteiger partial charge >= 0.3 is 6.09 Å². The van der Waals surface area contributed by atoms with E-state index in [0.717, 1.165) is 18.6 Å². The Labute approximate surface area is 72.0 Å². The predicted molar refractivity (Wildman–Crippen MR) is 46.0 cm³/mol. The molecule has 0 aromatic heterocycles. The predicted octanol–water partition coefficient (Wildman–Crippen LogP) is 1.52. The van der Waals surface area contributed by atoms with E-state index in [9.17, 15) is 4.79 Å². The number of nitrogens with zero attached hydrogens (tertiary/aromatic N) is 1. The molecule has 1 saturated carbocycles. The Hall–Kier alpha value is -1.06. The van der Waals surface area contributed by atoms with Crippen molar-refractivity contribution in [3.63, 3.8) is 0 Å². The van der Waals surface area contributed by atoms with E-state index in [1.165, 1.54) is 0 Å². The highest BCUT2D eigenvalue weighted by atomic mass is 16.5. The lowest BCUT2D eigenvalue weighted by molar-refractivity contribution is 0.152. The van der Waals surface area contributed by atoms with Crippen LogP contribution < -0.4 is 5.43 Å². The second kappa shape index (κ2) is 4.09. The number of hydrogen-bond donors (Lipinski definition) is 1. The van der Waals surface area contributed by atoms with Gasteiger partial charge in [0.2, 0.25) is 0 Å². The van der Waals surface area contributed by atoms with Crippen molar-refractivity contribution in [2.24, 2.45) is 11.0 Å². The maximum absolute atomic E-state index is 10.7. The Morgan fingerprint density at radius 3 is 2.92 bits per heavy atom. The van der Waals surface area contributed by atoms with E-state index >= 15 is 0 Å². The standard InChI is InChI=1S/C8H14N2O2/c1-3-12-8(11)10-9-7-4-6(2)5-7/h6H,3-5H2,1-2H3,(H,10,11). The summed E-state index contributed by atoms with van der Waals surface area (Å²) in [6, 6.07) is 0. The van der Waals surface area contributed by atoms with Crippen molar-refractivity contribution < 1.29 is 9.53 Å². The summed E-state index contributed by atoms with van der Waals surface area (Å²) < 4.78 is 4.63. The highest BCUT2D eigenvalue weighted by Gasteiger charge is 2.20. The molecule has 0 aliphatic heterocycles. The number of hydrogen-bond acceptors (Lipinski definition) is 3. The molecular weight excluding hydrogens is 156 g/mol. The zero-order chi connectivity index (χ0) is 8.97. The monoisotopic (exact) mass is 170 g/mol. The summed E-state index contributed by atoms with van der Waals surface area (Å²) in [7, 11) is 0. The van der Waals surface area contributed by atoms with Crippen molar-refractivity contribution in [3.8, 4) is 0 Å². The van der Waals surface area contributed by atoms with E-state index < -0.39 is 6.09 Å². The summed E-state index contributed by atoms with van der Waals surface area (Å²) in [5.74, 6) is 0.716. The second-order valence-corrected chi connectivity index (χ2v) is 3.02. The first kappa shape index (κ1) is 9.03. The maximum Gasteiger partial charge on any atom is 0.427 e. The second-order valence-electron chi connectivity index (χ2n) is 3.02. The molecule has 1 amide bonds. The molecule has 68 valence electrons. The number of amides is 1. The van der Waals surface area contributed by atoms with Crippen LogP contribution in [0.25, 0.3) is 0 Å². The molecule has 0 radical (unpaired) electrons. The SMILES string of the molecule is CCOC(=O)NN=C1CC(C)C1. The van der Waals surface area contributed by atoms with Gasteiger partial charge in [-0.1, -0.05) is 6.92 Å². The van der Waals surface area contributed by atoms with Gasteiger partial charge in [-0.2, -0.15) is 5.10 Å². The molecule has 0 heterocycles. The smallest absolute Gasteiger partial charge is 0.427 e. The number of ether oxygens (including phenoxy) is 1. The van der Waals surface area contributed by atoms with Gasteiger partial charge < -0.3 is 4.74 Å². The average molecular weight is 170 g/mol. The summed E-state index contributed by atoms with van der Waals surface area (Å²) in [4.78, 5) is 10.7. The molecule has 1 fully saturated rings. The van der Waals surface area contributed by atoms with E-state index in [-0.39, 0.29) is 0 Å². The zero-order valence-electron chi connectivity index (χ0n) is 7.46. The highest BCUT2D eigenvalue weighted by Crippen LogP contribution is 2.22. The average Bonchev–Trinajstić information content (AvgIpc) is 1.96. The van der Waals surface area contributed by atoms with Crippen LogP contribution in [0.1, 0.15) is 26.7 Å². The molecule has 0 bridgehead atoms. The minimum Gasteiger partial charge on any atom is -0.449 e. The van der Waals surface area contributed by atoms with Gasteiger partial charge in [0.05, 0.1) is 6.61 Å². The van der Waals surface area contributed by atoms with Gasteiger partial charge in [0.15, 0.2) is 0 Å². The zero-order valence-corrected chi connectivity index (χ0v) is 7.46. The quantitative estimate of drug-likeness (QED) is 0.639. The number of nitrogens with one attached hydrogen (secondary N) is 1. The number of rotatable bonds is 2. The van der Waals surface area contributed by atoms with E-state index in [1.807, 2.05) is 0 Å². The fourth-order valence-corrected chi connectivity index (χ4v) is 1.12. The molecule has 4 heteroatoms. The van der Waals surface area contributed by atoms with Gasteiger partial charge in [0.1, 0.15) is 0 Å². The van der Waals surface area contributed by atoms with Crippen LogP contribution >= 0.6 is 0 Å². The summed E-state index contributed by atoms with van der Waals surface area (Å²) in [5.41, 5.74) is 3.38. The molecular formula is C8H14N2O2. The number of hydrazone groups is 1. The summed E-state index contributed by atoms with van der Waals surface area (Å²) in [6.45, 7) is 4.30. The van der Waals surface area contributed by atoms with Crippen molar-refractivity contribution in [3.05, 3.63) is 0 Å². The van der Waals surface area contributed by atoms with E-state index in [4.69, 9.17) is 0 Å². The van der Waals surface area contributed by atoms with Crippen LogP contribution in [0.15, 0.2) is 5.10 Å². The first-order valence-corrected chi connectivity index (χ1v) is 4.20. The van der Waals surface area contributed by atoms with Gasteiger partial charge in [-0.25, -0.2) is 10.2 Å². The summed E-state index contributed by atoms with van der Waals surface area (Å²) >= 11 is 0. The van der Waals surface area contributed by atoms with E-state index in [1.54, 1.807) is 6.92 Å². The van der Waals surface area contributed by atoms with Gasteiger partial charge in [0.25, 0.3) is 0 Å². The molecule has 12 heavy (non-hydrogen) atoms. The normalized spacial score (nSPS) is 21.2. The number of carbonyl (C=O) groups excluding carboxylic acids is 1. The molecule has 4 nitrogen and oxygen atoms in total. The fourth-order valence-electron chi connectivity index (χ4n) is 1.12. The lowest BCUT2D eigenvalue weighted by atomic mass is 9.85. The fraction of sp³-hybridized carbons (Fsp3) is 0.750. The molecule has 1 aliphatic rings. The molecule has 0 atom stereocenters. The summed E-state index contributed by atoms with van der Waals surface area (Å²) in [5, 5.41) is 3.89. The lowest BCUT2D eigenvalue weighted by Crippen LogP contribution is -2.26. The Bertz CT molecular complexity index is 193. The Morgan fingerprint density at radius 1 is 1.75 bits per heavy atom. The molecule has 1 aliphatic carbocycles. The van der Waals surface area contributed by atoms with Crippen molar-refractivity contribution >= 4 is 11.8 Å². The third-order valence-corrected chi connectivity index (χ3v) is 1.75. The van der Waals surface area contributed by atoms with E-state index in [2.05, 4.69) is 22.2 Å². The Kier molecular flexibility index (Phi) is 3.08. The van der Waals surface area contributed by atoms with Gasteiger partial charge in [0, 0.05) is 5.71 Å². The van der Waals surface area contributed by atoms with E-state index in [0.29, 0.717) is 12.5 Å². The van der Waals surface area contributed by atoms with Crippen molar-refractivity contribution in [2.75, 3.05) is 6.61 Å². The first-order valence-electron chi connectivity index (χ1n) is 4.20. The van der Waals surface area contributed by atoms with Gasteiger partial charge in [-0.05, 0) is 25.7 Å². The van der Waals surface area contributed by atoms with Crippen LogP contribution in [0.4, 0.5) is 4.79 Å². The Balaban J connectivity index is 2.16. The van der Waals surface area contributed by atoms with Crippen LogP contribution in [-0.2, 0) is 4.74 Å².